The van der Waals surface area contributed by atoms with Crippen molar-refractivity contribution in [3.63, 3.8) is 0 Å². The number of rotatable bonds is 3. The van der Waals surface area contributed by atoms with Gasteiger partial charge in [0.2, 0.25) is 0 Å². The lowest BCUT2D eigenvalue weighted by atomic mass is 10.1. The number of halogens is 2. The summed E-state index contributed by atoms with van der Waals surface area (Å²) in [6.07, 6.45) is -1.36. The van der Waals surface area contributed by atoms with Crippen LogP contribution in [0.5, 0.6) is 0 Å². The number of carbonyl (C=O) groups is 1. The molecule has 20 heavy (non-hydrogen) atoms. The molecule has 1 unspecified atom stereocenters. The van der Waals surface area contributed by atoms with Crippen molar-refractivity contribution in [1.82, 2.24) is 10.2 Å². The van der Waals surface area contributed by atoms with Crippen LogP contribution in [0.2, 0.25) is 10.0 Å². The van der Waals surface area contributed by atoms with E-state index in [2.05, 4.69) is 15.5 Å². The maximum absolute atomic E-state index is 12.0. The summed E-state index contributed by atoms with van der Waals surface area (Å²) in [6.45, 7) is 3.53. The van der Waals surface area contributed by atoms with Crippen LogP contribution in [0, 0.1) is 13.8 Å². The van der Waals surface area contributed by atoms with Crippen molar-refractivity contribution >= 4 is 34.8 Å². The van der Waals surface area contributed by atoms with Gasteiger partial charge in [-0.05, 0) is 37.6 Å². The first-order valence-electron chi connectivity index (χ1n) is 5.85. The Morgan fingerprint density at radius 2 is 1.90 bits per heavy atom. The molecule has 0 aliphatic carbocycles. The first-order chi connectivity index (χ1) is 9.38. The second-order valence-electron chi connectivity index (χ2n) is 4.40. The lowest BCUT2D eigenvalue weighted by molar-refractivity contribution is -0.124. The van der Waals surface area contributed by atoms with Crippen LogP contribution in [0.3, 0.4) is 0 Å². The van der Waals surface area contributed by atoms with Gasteiger partial charge in [-0.3, -0.25) is 9.89 Å². The molecule has 1 aromatic heterocycles. The van der Waals surface area contributed by atoms with Crippen molar-refractivity contribution in [3.05, 3.63) is 45.2 Å². The summed E-state index contributed by atoms with van der Waals surface area (Å²) in [7, 11) is 0. The Kier molecular flexibility index (Phi) is 4.32. The lowest BCUT2D eigenvalue weighted by Crippen LogP contribution is -2.21. The summed E-state index contributed by atoms with van der Waals surface area (Å²) in [4.78, 5) is 12.0. The standard InChI is InChI=1S/C13H13Cl2N3O2/c1-6-11(7(2)18-17-6)16-13(20)12(19)8-3-9(14)5-10(15)4-8/h3-5,12,19H,1-2H3,(H,16,20)(H,17,18). The number of aliphatic hydroxyl groups excluding tert-OH is 1. The van der Waals surface area contributed by atoms with E-state index >= 15 is 0 Å². The van der Waals surface area contributed by atoms with E-state index in [-0.39, 0.29) is 0 Å². The number of aliphatic hydroxyl groups is 1. The number of aromatic nitrogens is 2. The molecule has 3 N–H and O–H groups in total. The number of carbonyl (C=O) groups excluding carboxylic acids is 1. The van der Waals surface area contributed by atoms with Crippen LogP contribution in [0.25, 0.3) is 0 Å². The molecule has 0 aliphatic heterocycles. The summed E-state index contributed by atoms with van der Waals surface area (Å²) < 4.78 is 0. The molecule has 0 aliphatic rings. The third kappa shape index (κ3) is 3.12. The van der Waals surface area contributed by atoms with Crippen molar-refractivity contribution in [1.29, 1.82) is 0 Å². The van der Waals surface area contributed by atoms with Crippen LogP contribution in [-0.2, 0) is 4.79 Å². The van der Waals surface area contributed by atoms with E-state index in [1.165, 1.54) is 18.2 Å². The number of aromatic amines is 1. The van der Waals surface area contributed by atoms with E-state index < -0.39 is 12.0 Å². The van der Waals surface area contributed by atoms with E-state index in [0.29, 0.717) is 32.7 Å². The van der Waals surface area contributed by atoms with Crippen molar-refractivity contribution < 1.29 is 9.90 Å². The fraction of sp³-hybridized carbons (Fsp3) is 0.231. The molecular weight excluding hydrogens is 301 g/mol. The van der Waals surface area contributed by atoms with Gasteiger partial charge in [-0.2, -0.15) is 5.10 Å². The molecule has 1 atom stereocenters. The molecule has 0 saturated heterocycles. The van der Waals surface area contributed by atoms with Crippen LogP contribution in [-0.4, -0.2) is 21.2 Å². The lowest BCUT2D eigenvalue weighted by Gasteiger charge is -2.12. The molecule has 2 aromatic rings. The predicted octanol–water partition coefficient (Wildman–Crippen LogP) is 3.01. The number of anilines is 1. The van der Waals surface area contributed by atoms with Gasteiger partial charge >= 0.3 is 0 Å². The molecule has 1 amide bonds. The molecular formula is C13H13Cl2N3O2. The number of benzene rings is 1. The Morgan fingerprint density at radius 3 is 2.40 bits per heavy atom. The van der Waals surface area contributed by atoms with Crippen molar-refractivity contribution in [2.45, 2.75) is 20.0 Å². The molecule has 5 nitrogen and oxygen atoms in total. The van der Waals surface area contributed by atoms with Crippen LogP contribution in [0.4, 0.5) is 5.69 Å². The quantitative estimate of drug-likeness (QED) is 0.815. The van der Waals surface area contributed by atoms with Crippen molar-refractivity contribution in [2.24, 2.45) is 0 Å². The Balaban J connectivity index is 2.20. The van der Waals surface area contributed by atoms with E-state index in [1.807, 2.05) is 0 Å². The van der Waals surface area contributed by atoms with Crippen LogP contribution in [0.1, 0.15) is 23.1 Å². The topological polar surface area (TPSA) is 78.0 Å². The highest BCUT2D eigenvalue weighted by atomic mass is 35.5. The Labute approximate surface area is 125 Å². The van der Waals surface area contributed by atoms with Gasteiger partial charge in [-0.25, -0.2) is 0 Å². The highest BCUT2D eigenvalue weighted by molar-refractivity contribution is 6.34. The van der Waals surface area contributed by atoms with Gasteiger partial charge in [0.25, 0.3) is 5.91 Å². The predicted molar refractivity (Wildman–Crippen MR) is 78.1 cm³/mol. The highest BCUT2D eigenvalue weighted by Crippen LogP contribution is 2.25. The Morgan fingerprint density at radius 1 is 1.30 bits per heavy atom. The number of hydrogen-bond acceptors (Lipinski definition) is 3. The normalized spacial score (nSPS) is 12.2. The minimum Gasteiger partial charge on any atom is -0.378 e. The Bertz CT molecular complexity index is 615. The molecule has 106 valence electrons. The van der Waals surface area contributed by atoms with Gasteiger partial charge in [0.1, 0.15) is 0 Å². The first-order valence-corrected chi connectivity index (χ1v) is 6.60. The first kappa shape index (κ1) is 14.8. The van der Waals surface area contributed by atoms with Gasteiger partial charge in [0, 0.05) is 10.0 Å². The SMILES string of the molecule is Cc1n[nH]c(C)c1NC(=O)C(O)c1cc(Cl)cc(Cl)c1. The van der Waals surface area contributed by atoms with Gasteiger partial charge < -0.3 is 10.4 Å². The smallest absolute Gasteiger partial charge is 0.257 e. The molecule has 0 spiro atoms. The zero-order chi connectivity index (χ0) is 14.9. The largest absolute Gasteiger partial charge is 0.378 e. The van der Waals surface area contributed by atoms with E-state index in [4.69, 9.17) is 23.2 Å². The molecule has 7 heteroatoms. The molecule has 1 heterocycles. The van der Waals surface area contributed by atoms with Crippen LogP contribution >= 0.6 is 23.2 Å². The molecule has 0 bridgehead atoms. The number of H-pyrrole nitrogens is 1. The van der Waals surface area contributed by atoms with Crippen molar-refractivity contribution in [3.8, 4) is 0 Å². The third-order valence-corrected chi connectivity index (χ3v) is 3.26. The van der Waals surface area contributed by atoms with Crippen LogP contribution in [0.15, 0.2) is 18.2 Å². The van der Waals surface area contributed by atoms with Gasteiger partial charge in [-0.1, -0.05) is 23.2 Å². The molecule has 0 radical (unpaired) electrons. The summed E-state index contributed by atoms with van der Waals surface area (Å²) in [5.74, 6) is -0.573. The molecule has 0 fully saturated rings. The summed E-state index contributed by atoms with van der Waals surface area (Å²) in [5, 5.41) is 20.1. The van der Waals surface area contributed by atoms with Crippen LogP contribution < -0.4 is 5.32 Å². The zero-order valence-electron chi connectivity index (χ0n) is 10.9. The number of nitrogens with zero attached hydrogens (tertiary/aromatic N) is 1. The molecule has 0 saturated carbocycles. The zero-order valence-corrected chi connectivity index (χ0v) is 12.4. The van der Waals surface area contributed by atoms with Gasteiger partial charge in [0.05, 0.1) is 17.1 Å². The van der Waals surface area contributed by atoms with Crippen molar-refractivity contribution in [2.75, 3.05) is 5.32 Å². The monoisotopic (exact) mass is 313 g/mol. The average Bonchev–Trinajstić information content (AvgIpc) is 2.68. The average molecular weight is 314 g/mol. The van der Waals surface area contributed by atoms with Gasteiger partial charge in [0.15, 0.2) is 6.10 Å². The van der Waals surface area contributed by atoms with Gasteiger partial charge in [-0.15, -0.1) is 0 Å². The fourth-order valence-electron chi connectivity index (χ4n) is 1.81. The van der Waals surface area contributed by atoms with E-state index in [0.717, 1.165) is 0 Å². The number of aryl methyl sites for hydroxylation is 2. The maximum atomic E-state index is 12.0. The summed E-state index contributed by atoms with van der Waals surface area (Å²) >= 11 is 11.7. The summed E-state index contributed by atoms with van der Waals surface area (Å²) in [5.41, 5.74) is 2.25. The second-order valence-corrected chi connectivity index (χ2v) is 5.28. The number of nitrogens with one attached hydrogen (secondary N) is 2. The molecule has 1 aromatic carbocycles. The van der Waals surface area contributed by atoms with E-state index in [1.54, 1.807) is 13.8 Å². The second kappa shape index (κ2) is 5.83. The fourth-order valence-corrected chi connectivity index (χ4v) is 2.35. The third-order valence-electron chi connectivity index (χ3n) is 2.83. The minimum atomic E-state index is -1.36. The highest BCUT2D eigenvalue weighted by Gasteiger charge is 2.20. The maximum Gasteiger partial charge on any atom is 0.257 e. The number of amides is 1. The summed E-state index contributed by atoms with van der Waals surface area (Å²) in [6, 6.07) is 4.52. The minimum absolute atomic E-state index is 0.332. The number of hydrogen-bond donors (Lipinski definition) is 3. The Hall–Kier alpha value is -1.56. The van der Waals surface area contributed by atoms with E-state index in [9.17, 15) is 9.90 Å². The molecule has 2 rings (SSSR count).